The third-order valence-electron chi connectivity index (χ3n) is 2.94. The number of nitrogens with zero attached hydrogens (tertiary/aromatic N) is 1. The number of aliphatic hydroxyl groups excluding tert-OH is 2. The van der Waals surface area contributed by atoms with E-state index in [1.54, 1.807) is 33.8 Å². The fourth-order valence-electron chi connectivity index (χ4n) is 1.87. The molecular formula is C15H25N3O4. The summed E-state index contributed by atoms with van der Waals surface area (Å²) in [4.78, 5) is 15.5. The normalized spacial score (nSPS) is 14.3. The highest BCUT2D eigenvalue weighted by atomic mass is 16.6. The van der Waals surface area contributed by atoms with Gasteiger partial charge >= 0.3 is 6.09 Å². The lowest BCUT2D eigenvalue weighted by Gasteiger charge is -2.22. The van der Waals surface area contributed by atoms with Crippen LogP contribution in [0, 0.1) is 6.92 Å². The number of aryl methyl sites for hydroxylation is 1. The first kappa shape index (κ1) is 18.2. The van der Waals surface area contributed by atoms with Crippen molar-refractivity contribution in [1.82, 2.24) is 10.3 Å². The monoisotopic (exact) mass is 311 g/mol. The van der Waals surface area contributed by atoms with Crippen LogP contribution in [0.25, 0.3) is 0 Å². The number of nitrogens with one attached hydrogen (secondary N) is 1. The van der Waals surface area contributed by atoms with E-state index in [0.717, 1.165) is 0 Å². The Hall–Kier alpha value is -1.86. The molecule has 0 aromatic carbocycles. The summed E-state index contributed by atoms with van der Waals surface area (Å²) in [6.07, 6.45) is -1.05. The Morgan fingerprint density at radius 1 is 1.45 bits per heavy atom. The summed E-state index contributed by atoms with van der Waals surface area (Å²) in [5.74, 6) is 0. The highest BCUT2D eigenvalue weighted by Gasteiger charge is 2.21. The van der Waals surface area contributed by atoms with Gasteiger partial charge < -0.3 is 26.0 Å². The molecule has 124 valence electrons. The Morgan fingerprint density at radius 3 is 2.68 bits per heavy atom. The van der Waals surface area contributed by atoms with Gasteiger partial charge in [0.05, 0.1) is 18.0 Å². The lowest BCUT2D eigenvalue weighted by atomic mass is 10.0. The summed E-state index contributed by atoms with van der Waals surface area (Å²) in [5.41, 5.74) is 6.55. The summed E-state index contributed by atoms with van der Waals surface area (Å²) in [6, 6.07) is 1.58. The van der Waals surface area contributed by atoms with Crippen LogP contribution in [-0.4, -0.2) is 39.5 Å². The van der Waals surface area contributed by atoms with Gasteiger partial charge in [0.15, 0.2) is 0 Å². The number of nitrogen functional groups attached to an aromatic ring is 1. The Kier molecular flexibility index (Phi) is 6.13. The second kappa shape index (κ2) is 7.42. The van der Waals surface area contributed by atoms with Crippen LogP contribution in [0.4, 0.5) is 10.5 Å². The molecule has 7 heteroatoms. The van der Waals surface area contributed by atoms with Gasteiger partial charge in [-0.2, -0.15) is 0 Å². The van der Waals surface area contributed by atoms with Crippen LogP contribution in [0.5, 0.6) is 0 Å². The first-order valence-corrected chi connectivity index (χ1v) is 7.15. The molecule has 0 aliphatic rings. The maximum absolute atomic E-state index is 11.5. The minimum atomic E-state index is -1.11. The van der Waals surface area contributed by atoms with Gasteiger partial charge in [0, 0.05) is 17.8 Å². The second-order valence-corrected chi connectivity index (χ2v) is 6.17. The first-order chi connectivity index (χ1) is 10.1. The number of ether oxygens (including phenoxy) is 1. The molecule has 0 saturated heterocycles. The van der Waals surface area contributed by atoms with Crippen LogP contribution in [0.3, 0.4) is 0 Å². The number of amides is 1. The number of anilines is 1. The summed E-state index contributed by atoms with van der Waals surface area (Å²) >= 11 is 0. The largest absolute Gasteiger partial charge is 0.444 e. The molecule has 1 aromatic rings. The van der Waals surface area contributed by atoms with Crippen molar-refractivity contribution < 1.29 is 19.7 Å². The zero-order valence-corrected chi connectivity index (χ0v) is 13.5. The molecule has 1 heterocycles. The molecule has 0 fully saturated rings. The van der Waals surface area contributed by atoms with Crippen molar-refractivity contribution in [3.63, 3.8) is 0 Å². The third-order valence-corrected chi connectivity index (χ3v) is 2.94. The fraction of sp³-hybridized carbons (Fsp3) is 0.600. The summed E-state index contributed by atoms with van der Waals surface area (Å²) < 4.78 is 5.08. The van der Waals surface area contributed by atoms with Crippen molar-refractivity contribution in [1.29, 1.82) is 0 Å². The standard InChI is InChI=1S/C15H25N3O4/c1-9-11(7-10(16)8-18-9)13(20)12(19)5-6-17-14(21)22-15(2,3)4/h7-8,12-13,19-20H,5-6,16H2,1-4H3,(H,17,21). The number of carbonyl (C=O) groups excluding carboxylic acids is 1. The first-order valence-electron chi connectivity index (χ1n) is 7.15. The molecule has 0 aliphatic heterocycles. The average Bonchev–Trinajstić information content (AvgIpc) is 2.38. The van der Waals surface area contributed by atoms with E-state index in [4.69, 9.17) is 10.5 Å². The van der Waals surface area contributed by atoms with Crippen molar-refractivity contribution in [2.45, 2.75) is 51.9 Å². The van der Waals surface area contributed by atoms with E-state index in [-0.39, 0.29) is 13.0 Å². The number of rotatable bonds is 5. The number of aromatic nitrogens is 1. The molecule has 0 aliphatic carbocycles. The van der Waals surface area contributed by atoms with Crippen LogP contribution in [0.1, 0.15) is 44.6 Å². The molecule has 22 heavy (non-hydrogen) atoms. The van der Waals surface area contributed by atoms with Crippen molar-refractivity contribution in [2.75, 3.05) is 12.3 Å². The topological polar surface area (TPSA) is 118 Å². The van der Waals surface area contributed by atoms with E-state index in [9.17, 15) is 15.0 Å². The number of alkyl carbamates (subject to hydrolysis) is 1. The fourth-order valence-corrected chi connectivity index (χ4v) is 1.87. The number of hydrogen-bond acceptors (Lipinski definition) is 6. The third kappa shape index (κ3) is 5.87. The molecule has 0 bridgehead atoms. The number of hydrogen-bond donors (Lipinski definition) is 4. The van der Waals surface area contributed by atoms with E-state index < -0.39 is 23.9 Å². The Balaban J connectivity index is 2.50. The summed E-state index contributed by atoms with van der Waals surface area (Å²) in [6.45, 7) is 7.20. The van der Waals surface area contributed by atoms with Gasteiger partial charge in [-0.15, -0.1) is 0 Å². The van der Waals surface area contributed by atoms with Crippen LogP contribution in [0.15, 0.2) is 12.3 Å². The van der Waals surface area contributed by atoms with E-state index in [2.05, 4.69) is 10.3 Å². The predicted molar refractivity (Wildman–Crippen MR) is 83.2 cm³/mol. The number of aliphatic hydroxyl groups is 2. The van der Waals surface area contributed by atoms with Crippen molar-refractivity contribution in [2.24, 2.45) is 0 Å². The summed E-state index contributed by atoms with van der Waals surface area (Å²) in [5, 5.41) is 22.7. The van der Waals surface area contributed by atoms with E-state index in [1.165, 1.54) is 6.20 Å². The quantitative estimate of drug-likeness (QED) is 0.650. The predicted octanol–water partition coefficient (Wildman–Crippen LogP) is 1.28. The van der Waals surface area contributed by atoms with Crippen LogP contribution in [-0.2, 0) is 4.74 Å². The maximum Gasteiger partial charge on any atom is 0.407 e. The molecule has 7 nitrogen and oxygen atoms in total. The smallest absolute Gasteiger partial charge is 0.407 e. The molecule has 2 atom stereocenters. The minimum absolute atomic E-state index is 0.175. The zero-order chi connectivity index (χ0) is 16.9. The molecule has 5 N–H and O–H groups in total. The van der Waals surface area contributed by atoms with E-state index >= 15 is 0 Å². The molecule has 0 radical (unpaired) electrons. The molecule has 0 spiro atoms. The maximum atomic E-state index is 11.5. The molecule has 2 unspecified atom stereocenters. The molecular weight excluding hydrogens is 286 g/mol. The highest BCUT2D eigenvalue weighted by molar-refractivity contribution is 5.67. The Labute approximate surface area is 130 Å². The number of pyridine rings is 1. The van der Waals surface area contributed by atoms with Gasteiger partial charge in [0.2, 0.25) is 0 Å². The average molecular weight is 311 g/mol. The van der Waals surface area contributed by atoms with Gasteiger partial charge in [-0.3, -0.25) is 4.98 Å². The second-order valence-electron chi connectivity index (χ2n) is 6.17. The summed E-state index contributed by atoms with van der Waals surface area (Å²) in [7, 11) is 0. The zero-order valence-electron chi connectivity index (χ0n) is 13.5. The van der Waals surface area contributed by atoms with Gasteiger partial charge in [-0.05, 0) is 40.2 Å². The Morgan fingerprint density at radius 2 is 2.09 bits per heavy atom. The Bertz CT molecular complexity index is 514. The molecule has 0 saturated carbocycles. The minimum Gasteiger partial charge on any atom is -0.444 e. The number of nitrogens with two attached hydrogens (primary N) is 1. The van der Waals surface area contributed by atoms with Gasteiger partial charge in [0.25, 0.3) is 0 Å². The van der Waals surface area contributed by atoms with Crippen LogP contribution in [0.2, 0.25) is 0 Å². The van der Waals surface area contributed by atoms with Crippen molar-refractivity contribution in [3.05, 3.63) is 23.5 Å². The molecule has 1 rings (SSSR count). The van der Waals surface area contributed by atoms with Crippen LogP contribution >= 0.6 is 0 Å². The molecule has 1 aromatic heterocycles. The van der Waals surface area contributed by atoms with Crippen molar-refractivity contribution in [3.8, 4) is 0 Å². The van der Waals surface area contributed by atoms with E-state index in [0.29, 0.717) is 16.9 Å². The van der Waals surface area contributed by atoms with E-state index in [1.807, 2.05) is 0 Å². The van der Waals surface area contributed by atoms with Gasteiger partial charge in [0.1, 0.15) is 11.7 Å². The highest BCUT2D eigenvalue weighted by Crippen LogP contribution is 2.22. The van der Waals surface area contributed by atoms with Gasteiger partial charge in [-0.25, -0.2) is 4.79 Å². The number of carbonyl (C=O) groups is 1. The van der Waals surface area contributed by atoms with Gasteiger partial charge in [-0.1, -0.05) is 0 Å². The lowest BCUT2D eigenvalue weighted by molar-refractivity contribution is 0.0118. The lowest BCUT2D eigenvalue weighted by Crippen LogP contribution is -2.34. The van der Waals surface area contributed by atoms with Crippen LogP contribution < -0.4 is 11.1 Å². The molecule has 1 amide bonds. The SMILES string of the molecule is Cc1ncc(N)cc1C(O)C(O)CCNC(=O)OC(C)(C)C. The van der Waals surface area contributed by atoms with Crippen molar-refractivity contribution >= 4 is 11.8 Å².